The zero-order valence-corrected chi connectivity index (χ0v) is 12.0. The van der Waals surface area contributed by atoms with E-state index >= 15 is 0 Å². The van der Waals surface area contributed by atoms with E-state index in [1.54, 1.807) is 0 Å². The van der Waals surface area contributed by atoms with Crippen molar-refractivity contribution in [1.29, 1.82) is 0 Å². The van der Waals surface area contributed by atoms with Crippen LogP contribution in [0.5, 0.6) is 0 Å². The Hall–Kier alpha value is -1.96. The van der Waals surface area contributed by atoms with Crippen molar-refractivity contribution in [2.24, 2.45) is 0 Å². The average molecular weight is 267 g/mol. The number of carbonyl (C=O) groups excluding carboxylic acids is 1. The van der Waals surface area contributed by atoms with Crippen molar-refractivity contribution in [2.45, 2.75) is 39.0 Å². The highest BCUT2D eigenvalue weighted by atomic mass is 16.1. The number of aryl methyl sites for hydroxylation is 2. The molecule has 20 heavy (non-hydrogen) atoms. The molecule has 0 aliphatic rings. The first-order chi connectivity index (χ1) is 9.83. The number of carbonyl (C=O) groups is 1. The first-order valence-corrected chi connectivity index (χ1v) is 7.31. The van der Waals surface area contributed by atoms with Crippen LogP contribution < -0.4 is 0 Å². The summed E-state index contributed by atoms with van der Waals surface area (Å²) >= 11 is 0. The second kappa shape index (κ2) is 7.59. The van der Waals surface area contributed by atoms with Crippen LogP contribution >= 0.6 is 0 Å². The summed E-state index contributed by atoms with van der Waals surface area (Å²) in [4.78, 5) is 14.9. The van der Waals surface area contributed by atoms with E-state index in [4.69, 9.17) is 0 Å². The lowest BCUT2D eigenvalue weighted by Crippen LogP contribution is -1.90. The van der Waals surface area contributed by atoms with Crippen LogP contribution in [-0.2, 0) is 17.6 Å². The second-order valence-corrected chi connectivity index (χ2v) is 5.06. The van der Waals surface area contributed by atoms with E-state index in [0.29, 0.717) is 6.42 Å². The summed E-state index contributed by atoms with van der Waals surface area (Å²) in [5.74, 6) is 0. The molecule has 1 aromatic heterocycles. The Kier molecular flexibility index (Phi) is 5.48. The molecular formula is C18H21NO. The molecule has 104 valence electrons. The summed E-state index contributed by atoms with van der Waals surface area (Å²) in [5, 5.41) is 0. The molecule has 2 rings (SSSR count). The van der Waals surface area contributed by atoms with Gasteiger partial charge in [-0.05, 0) is 36.5 Å². The third kappa shape index (κ3) is 4.02. The Labute approximate surface area is 120 Å². The summed E-state index contributed by atoms with van der Waals surface area (Å²) < 4.78 is 0. The van der Waals surface area contributed by atoms with E-state index in [2.05, 4.69) is 48.3 Å². The fraction of sp³-hybridized carbons (Fsp3) is 0.333. The summed E-state index contributed by atoms with van der Waals surface area (Å²) in [6.45, 7) is 2.20. The SMILES string of the molecule is CCCCc1ccc(-c2ccc(CCC=O)cc2)nc1. The Balaban J connectivity index is 2.05. The summed E-state index contributed by atoms with van der Waals surface area (Å²) in [7, 11) is 0. The van der Waals surface area contributed by atoms with Crippen molar-refractivity contribution in [1.82, 2.24) is 4.98 Å². The molecule has 0 radical (unpaired) electrons. The summed E-state index contributed by atoms with van der Waals surface area (Å²) in [5.41, 5.74) is 4.63. The third-order valence-electron chi connectivity index (χ3n) is 3.44. The van der Waals surface area contributed by atoms with Crippen LogP contribution in [0.15, 0.2) is 42.6 Å². The molecule has 0 aliphatic carbocycles. The van der Waals surface area contributed by atoms with E-state index in [-0.39, 0.29) is 0 Å². The van der Waals surface area contributed by atoms with Gasteiger partial charge < -0.3 is 4.79 Å². The van der Waals surface area contributed by atoms with Crippen molar-refractivity contribution in [3.05, 3.63) is 53.7 Å². The van der Waals surface area contributed by atoms with Crippen molar-refractivity contribution >= 4 is 6.29 Å². The monoisotopic (exact) mass is 267 g/mol. The maximum atomic E-state index is 10.4. The molecule has 0 unspecified atom stereocenters. The normalized spacial score (nSPS) is 10.4. The van der Waals surface area contributed by atoms with Crippen LogP contribution in [0.3, 0.4) is 0 Å². The maximum absolute atomic E-state index is 10.4. The Morgan fingerprint density at radius 3 is 2.35 bits per heavy atom. The lowest BCUT2D eigenvalue weighted by Gasteiger charge is -2.04. The number of hydrogen-bond donors (Lipinski definition) is 0. The van der Waals surface area contributed by atoms with Crippen LogP contribution in [0.1, 0.15) is 37.3 Å². The predicted molar refractivity (Wildman–Crippen MR) is 82.7 cm³/mol. The summed E-state index contributed by atoms with van der Waals surface area (Å²) in [6.07, 6.45) is 7.87. The van der Waals surface area contributed by atoms with Gasteiger partial charge in [0.25, 0.3) is 0 Å². The Morgan fingerprint density at radius 2 is 1.75 bits per heavy atom. The van der Waals surface area contributed by atoms with Gasteiger partial charge in [0, 0.05) is 18.2 Å². The molecule has 0 aliphatic heterocycles. The molecule has 1 heterocycles. The zero-order chi connectivity index (χ0) is 14.2. The van der Waals surface area contributed by atoms with Gasteiger partial charge >= 0.3 is 0 Å². The number of unbranched alkanes of at least 4 members (excludes halogenated alkanes) is 1. The molecule has 2 aromatic rings. The van der Waals surface area contributed by atoms with Crippen molar-refractivity contribution in [3.63, 3.8) is 0 Å². The number of nitrogens with zero attached hydrogens (tertiary/aromatic N) is 1. The van der Waals surface area contributed by atoms with Gasteiger partial charge in [-0.3, -0.25) is 4.98 Å². The topological polar surface area (TPSA) is 30.0 Å². The molecule has 2 nitrogen and oxygen atoms in total. The average Bonchev–Trinajstić information content (AvgIpc) is 2.52. The highest BCUT2D eigenvalue weighted by Crippen LogP contribution is 2.18. The van der Waals surface area contributed by atoms with Crippen molar-refractivity contribution in [3.8, 4) is 11.3 Å². The zero-order valence-electron chi connectivity index (χ0n) is 12.0. The molecule has 0 saturated heterocycles. The fourth-order valence-corrected chi connectivity index (χ4v) is 2.19. The quantitative estimate of drug-likeness (QED) is 0.703. The highest BCUT2D eigenvalue weighted by molar-refractivity contribution is 5.59. The van der Waals surface area contributed by atoms with Crippen molar-refractivity contribution < 1.29 is 4.79 Å². The van der Waals surface area contributed by atoms with Gasteiger partial charge in [0.15, 0.2) is 0 Å². The van der Waals surface area contributed by atoms with Crippen LogP contribution in [0.4, 0.5) is 0 Å². The van der Waals surface area contributed by atoms with Gasteiger partial charge in [0.1, 0.15) is 6.29 Å². The van der Waals surface area contributed by atoms with Crippen LogP contribution in [-0.4, -0.2) is 11.3 Å². The molecule has 0 amide bonds. The van der Waals surface area contributed by atoms with Gasteiger partial charge in [0.2, 0.25) is 0 Å². The van der Waals surface area contributed by atoms with Gasteiger partial charge in [-0.25, -0.2) is 0 Å². The molecule has 0 fully saturated rings. The number of aromatic nitrogens is 1. The fourth-order valence-electron chi connectivity index (χ4n) is 2.19. The van der Waals surface area contributed by atoms with Gasteiger partial charge in [-0.1, -0.05) is 43.7 Å². The van der Waals surface area contributed by atoms with Crippen LogP contribution in [0.2, 0.25) is 0 Å². The highest BCUT2D eigenvalue weighted by Gasteiger charge is 2.00. The number of rotatable bonds is 7. The van der Waals surface area contributed by atoms with Gasteiger partial charge in [-0.15, -0.1) is 0 Å². The van der Waals surface area contributed by atoms with E-state index in [1.807, 2.05) is 6.20 Å². The van der Waals surface area contributed by atoms with E-state index in [9.17, 15) is 4.79 Å². The predicted octanol–water partition coefficient (Wildman–Crippen LogP) is 4.22. The summed E-state index contributed by atoms with van der Waals surface area (Å²) in [6, 6.07) is 12.6. The standard InChI is InChI=1S/C18H21NO/c1-2-3-5-16-9-12-18(19-14-16)17-10-7-15(8-11-17)6-4-13-20/h7-14H,2-6H2,1H3. The molecule has 0 spiro atoms. The number of hydrogen-bond acceptors (Lipinski definition) is 2. The lowest BCUT2D eigenvalue weighted by atomic mass is 10.0. The largest absolute Gasteiger partial charge is 0.303 e. The minimum atomic E-state index is 0.587. The lowest BCUT2D eigenvalue weighted by molar-refractivity contribution is -0.107. The number of benzene rings is 1. The van der Waals surface area contributed by atoms with Crippen LogP contribution in [0.25, 0.3) is 11.3 Å². The molecule has 1 aromatic carbocycles. The van der Waals surface area contributed by atoms with E-state index in [0.717, 1.165) is 30.4 Å². The number of aldehydes is 1. The van der Waals surface area contributed by atoms with E-state index < -0.39 is 0 Å². The maximum Gasteiger partial charge on any atom is 0.120 e. The molecule has 0 N–H and O–H groups in total. The van der Waals surface area contributed by atoms with Crippen molar-refractivity contribution in [2.75, 3.05) is 0 Å². The first-order valence-electron chi connectivity index (χ1n) is 7.31. The second-order valence-electron chi connectivity index (χ2n) is 5.06. The molecule has 2 heteroatoms. The molecule has 0 atom stereocenters. The van der Waals surface area contributed by atoms with E-state index in [1.165, 1.54) is 24.0 Å². The molecule has 0 saturated carbocycles. The van der Waals surface area contributed by atoms with Gasteiger partial charge in [0.05, 0.1) is 5.69 Å². The smallest absolute Gasteiger partial charge is 0.120 e. The molecule has 0 bridgehead atoms. The minimum Gasteiger partial charge on any atom is -0.303 e. The Bertz CT molecular complexity index is 528. The van der Waals surface area contributed by atoms with Crippen LogP contribution in [0, 0.1) is 0 Å². The molecular weight excluding hydrogens is 246 g/mol. The first kappa shape index (κ1) is 14.4. The van der Waals surface area contributed by atoms with Gasteiger partial charge in [-0.2, -0.15) is 0 Å². The third-order valence-corrected chi connectivity index (χ3v) is 3.44. The minimum absolute atomic E-state index is 0.587. The number of pyridine rings is 1. The Morgan fingerprint density at radius 1 is 1.00 bits per heavy atom.